The summed E-state index contributed by atoms with van der Waals surface area (Å²) in [6.45, 7) is 1.68. The number of hydrogen-bond acceptors (Lipinski definition) is 2. The fourth-order valence-corrected chi connectivity index (χ4v) is 3.04. The SMILES string of the molecule is C[C@@H](Oc1ccc2c(c1)CCCC2)C(=O)Nc1ccc(F)c(Cl)c1. The van der Waals surface area contributed by atoms with Gasteiger partial charge in [-0.05, 0) is 74.1 Å². The van der Waals surface area contributed by atoms with Crippen LogP contribution in [0, 0.1) is 5.82 Å². The minimum atomic E-state index is -0.671. The lowest BCUT2D eigenvalue weighted by Gasteiger charge is -2.19. The van der Waals surface area contributed by atoms with Gasteiger partial charge in [-0.3, -0.25) is 4.79 Å². The third kappa shape index (κ3) is 3.88. The Morgan fingerprint density at radius 1 is 1.17 bits per heavy atom. The second-order valence-corrected chi connectivity index (χ2v) is 6.42. The van der Waals surface area contributed by atoms with Crippen LogP contribution in [0.5, 0.6) is 5.75 Å². The number of carbonyl (C=O) groups excluding carboxylic acids is 1. The van der Waals surface area contributed by atoms with E-state index in [1.54, 1.807) is 6.92 Å². The quantitative estimate of drug-likeness (QED) is 0.865. The molecule has 1 N–H and O–H groups in total. The Balaban J connectivity index is 1.64. The van der Waals surface area contributed by atoms with E-state index in [-0.39, 0.29) is 10.9 Å². The van der Waals surface area contributed by atoms with Crippen molar-refractivity contribution in [2.45, 2.75) is 38.7 Å². The fraction of sp³-hybridized carbons (Fsp3) is 0.316. The summed E-state index contributed by atoms with van der Waals surface area (Å²) in [5.41, 5.74) is 3.11. The Hall–Kier alpha value is -2.07. The highest BCUT2D eigenvalue weighted by atomic mass is 35.5. The minimum Gasteiger partial charge on any atom is -0.481 e. The van der Waals surface area contributed by atoms with Gasteiger partial charge in [-0.25, -0.2) is 4.39 Å². The summed E-state index contributed by atoms with van der Waals surface area (Å²) in [5.74, 6) is -0.140. The van der Waals surface area contributed by atoms with E-state index in [0.717, 1.165) is 12.8 Å². The summed E-state index contributed by atoms with van der Waals surface area (Å²) < 4.78 is 18.9. The van der Waals surface area contributed by atoms with Crippen LogP contribution in [0.2, 0.25) is 5.02 Å². The van der Waals surface area contributed by atoms with Crippen molar-refractivity contribution in [3.8, 4) is 5.75 Å². The molecule has 24 heavy (non-hydrogen) atoms. The van der Waals surface area contributed by atoms with Crippen molar-refractivity contribution in [1.82, 2.24) is 0 Å². The first-order chi connectivity index (χ1) is 11.5. The summed E-state index contributed by atoms with van der Waals surface area (Å²) in [6, 6.07) is 10.1. The van der Waals surface area contributed by atoms with E-state index in [0.29, 0.717) is 11.4 Å². The number of halogens is 2. The van der Waals surface area contributed by atoms with E-state index in [1.165, 1.54) is 42.2 Å². The van der Waals surface area contributed by atoms with Gasteiger partial charge >= 0.3 is 0 Å². The van der Waals surface area contributed by atoms with Crippen LogP contribution in [0.4, 0.5) is 10.1 Å². The standard InChI is InChI=1S/C19H19ClFNO2/c1-12(19(23)22-15-7-9-18(21)17(20)11-15)24-16-8-6-13-4-2-3-5-14(13)10-16/h6-12H,2-5H2,1H3,(H,22,23)/t12-/m1/s1. The van der Waals surface area contributed by atoms with E-state index in [2.05, 4.69) is 11.4 Å². The Labute approximate surface area is 145 Å². The number of benzene rings is 2. The van der Waals surface area contributed by atoms with E-state index in [1.807, 2.05) is 12.1 Å². The molecule has 0 aromatic heterocycles. The molecular formula is C19H19ClFNO2. The third-order valence-electron chi connectivity index (χ3n) is 4.19. The lowest BCUT2D eigenvalue weighted by atomic mass is 9.92. The predicted octanol–water partition coefficient (Wildman–Crippen LogP) is 4.76. The lowest BCUT2D eigenvalue weighted by molar-refractivity contribution is -0.122. The molecule has 1 aliphatic carbocycles. The van der Waals surface area contributed by atoms with Crippen molar-refractivity contribution in [1.29, 1.82) is 0 Å². The van der Waals surface area contributed by atoms with Crippen LogP contribution in [-0.4, -0.2) is 12.0 Å². The smallest absolute Gasteiger partial charge is 0.265 e. The Kier molecular flexibility index (Phi) is 5.05. The van der Waals surface area contributed by atoms with Crippen molar-refractivity contribution in [2.75, 3.05) is 5.32 Å². The largest absolute Gasteiger partial charge is 0.481 e. The van der Waals surface area contributed by atoms with E-state index >= 15 is 0 Å². The van der Waals surface area contributed by atoms with Gasteiger partial charge in [-0.15, -0.1) is 0 Å². The molecule has 0 fully saturated rings. The Bertz CT molecular complexity index is 763. The zero-order chi connectivity index (χ0) is 17.1. The van der Waals surface area contributed by atoms with Gasteiger partial charge in [0.05, 0.1) is 5.02 Å². The van der Waals surface area contributed by atoms with Gasteiger partial charge in [0.2, 0.25) is 0 Å². The number of fused-ring (bicyclic) bond motifs is 1. The second-order valence-electron chi connectivity index (χ2n) is 6.02. The highest BCUT2D eigenvalue weighted by Gasteiger charge is 2.17. The van der Waals surface area contributed by atoms with Crippen molar-refractivity contribution in [3.63, 3.8) is 0 Å². The molecular weight excluding hydrogens is 329 g/mol. The van der Waals surface area contributed by atoms with Gasteiger partial charge < -0.3 is 10.1 Å². The fourth-order valence-electron chi connectivity index (χ4n) is 2.86. The zero-order valence-electron chi connectivity index (χ0n) is 13.4. The molecule has 0 saturated heterocycles. The number of anilines is 1. The maximum Gasteiger partial charge on any atom is 0.265 e. The Morgan fingerprint density at radius 2 is 1.92 bits per heavy atom. The van der Waals surface area contributed by atoms with Crippen LogP contribution < -0.4 is 10.1 Å². The number of nitrogens with one attached hydrogen (secondary N) is 1. The minimum absolute atomic E-state index is 0.0314. The van der Waals surface area contributed by atoms with Gasteiger partial charge in [0.25, 0.3) is 5.91 Å². The molecule has 0 unspecified atom stereocenters. The van der Waals surface area contributed by atoms with Gasteiger partial charge in [0.15, 0.2) is 6.10 Å². The van der Waals surface area contributed by atoms with Crippen molar-refractivity contribution in [2.24, 2.45) is 0 Å². The molecule has 2 aromatic rings. The van der Waals surface area contributed by atoms with Crippen LogP contribution in [0.1, 0.15) is 30.9 Å². The molecule has 0 saturated carbocycles. The second kappa shape index (κ2) is 7.22. The Morgan fingerprint density at radius 3 is 2.67 bits per heavy atom. The molecule has 0 spiro atoms. The van der Waals surface area contributed by atoms with Gasteiger partial charge in [0.1, 0.15) is 11.6 Å². The number of amides is 1. The first kappa shape index (κ1) is 16.8. The molecule has 0 bridgehead atoms. The maximum absolute atomic E-state index is 13.2. The number of hydrogen-bond donors (Lipinski definition) is 1. The van der Waals surface area contributed by atoms with E-state index in [9.17, 15) is 9.18 Å². The van der Waals surface area contributed by atoms with Crippen LogP contribution in [0.25, 0.3) is 0 Å². The molecule has 0 radical (unpaired) electrons. The summed E-state index contributed by atoms with van der Waals surface area (Å²) in [6.07, 6.45) is 3.91. The van der Waals surface area contributed by atoms with Crippen molar-refractivity contribution < 1.29 is 13.9 Å². The number of rotatable bonds is 4. The average Bonchev–Trinajstić information content (AvgIpc) is 2.58. The van der Waals surface area contributed by atoms with Gasteiger partial charge in [-0.2, -0.15) is 0 Å². The highest BCUT2D eigenvalue weighted by Crippen LogP contribution is 2.26. The summed E-state index contributed by atoms with van der Waals surface area (Å²) in [4.78, 5) is 12.2. The summed E-state index contributed by atoms with van der Waals surface area (Å²) >= 11 is 5.72. The van der Waals surface area contributed by atoms with Crippen LogP contribution in [0.3, 0.4) is 0 Å². The first-order valence-corrected chi connectivity index (χ1v) is 8.45. The van der Waals surface area contributed by atoms with Crippen molar-refractivity contribution >= 4 is 23.2 Å². The molecule has 126 valence electrons. The van der Waals surface area contributed by atoms with Crippen LogP contribution >= 0.6 is 11.6 Å². The summed E-state index contributed by atoms with van der Waals surface area (Å²) in [5, 5.41) is 2.65. The van der Waals surface area contributed by atoms with Crippen LogP contribution in [0.15, 0.2) is 36.4 Å². The highest BCUT2D eigenvalue weighted by molar-refractivity contribution is 6.31. The van der Waals surface area contributed by atoms with E-state index in [4.69, 9.17) is 16.3 Å². The summed E-state index contributed by atoms with van der Waals surface area (Å²) in [7, 11) is 0. The van der Waals surface area contributed by atoms with E-state index < -0.39 is 11.9 Å². The molecule has 0 heterocycles. The third-order valence-corrected chi connectivity index (χ3v) is 4.48. The normalized spacial score (nSPS) is 14.6. The average molecular weight is 348 g/mol. The molecule has 5 heteroatoms. The van der Waals surface area contributed by atoms with Crippen molar-refractivity contribution in [3.05, 3.63) is 58.4 Å². The molecule has 2 aromatic carbocycles. The molecule has 3 nitrogen and oxygen atoms in total. The van der Waals surface area contributed by atoms with Gasteiger partial charge in [-0.1, -0.05) is 17.7 Å². The van der Waals surface area contributed by atoms with Crippen LogP contribution in [-0.2, 0) is 17.6 Å². The molecule has 3 rings (SSSR count). The molecule has 1 amide bonds. The molecule has 1 aliphatic rings. The predicted molar refractivity (Wildman–Crippen MR) is 93.2 cm³/mol. The topological polar surface area (TPSA) is 38.3 Å². The zero-order valence-corrected chi connectivity index (χ0v) is 14.2. The first-order valence-electron chi connectivity index (χ1n) is 8.07. The lowest BCUT2D eigenvalue weighted by Crippen LogP contribution is -2.30. The van der Waals surface area contributed by atoms with Gasteiger partial charge in [0, 0.05) is 5.69 Å². The maximum atomic E-state index is 13.2. The molecule has 0 aliphatic heterocycles. The number of ether oxygens (including phenoxy) is 1. The molecule has 1 atom stereocenters. The monoisotopic (exact) mass is 347 g/mol. The number of carbonyl (C=O) groups is 1. The number of aryl methyl sites for hydroxylation is 2.